The van der Waals surface area contributed by atoms with Gasteiger partial charge in [0.2, 0.25) is 5.91 Å². The number of nitrogens with one attached hydrogen (secondary N) is 1. The number of benzene rings is 1. The fraction of sp³-hybridized carbons (Fsp3) is 0.455. The summed E-state index contributed by atoms with van der Waals surface area (Å²) in [4.78, 5) is 26.2. The predicted molar refractivity (Wildman–Crippen MR) is 118 cm³/mol. The molecule has 1 unspecified atom stereocenters. The Balaban J connectivity index is 1.48. The van der Waals surface area contributed by atoms with Crippen LogP contribution < -0.4 is 11.1 Å². The van der Waals surface area contributed by atoms with Crippen LogP contribution in [0.15, 0.2) is 28.5 Å². The molecule has 3 aromatic rings. The van der Waals surface area contributed by atoms with Crippen LogP contribution in [0.3, 0.4) is 0 Å². The van der Waals surface area contributed by atoms with Gasteiger partial charge in [0, 0.05) is 23.9 Å². The Labute approximate surface area is 184 Å². The van der Waals surface area contributed by atoms with Crippen molar-refractivity contribution >= 4 is 34.7 Å². The number of nitrogens with zero attached hydrogens (tertiary/aromatic N) is 4. The van der Waals surface area contributed by atoms with Crippen molar-refractivity contribution in [3.63, 3.8) is 0 Å². The molecular formula is C22H25FN6OS. The SMILES string of the molecule is CCc1cc2c(cc1Sc1nc3c(N)ncnc3n1CCNC(=O)C1CC1)C(F)CC2. The van der Waals surface area contributed by atoms with Gasteiger partial charge >= 0.3 is 0 Å². The van der Waals surface area contributed by atoms with Gasteiger partial charge in [0.1, 0.15) is 12.5 Å². The van der Waals surface area contributed by atoms with Crippen molar-refractivity contribution in [3.05, 3.63) is 35.2 Å². The Morgan fingerprint density at radius 2 is 2.16 bits per heavy atom. The molecule has 2 heterocycles. The third kappa shape index (κ3) is 3.86. The summed E-state index contributed by atoms with van der Waals surface area (Å²) in [7, 11) is 0. The van der Waals surface area contributed by atoms with Crippen molar-refractivity contribution < 1.29 is 9.18 Å². The minimum absolute atomic E-state index is 0.105. The van der Waals surface area contributed by atoms with Crippen LogP contribution in [0, 0.1) is 5.92 Å². The highest BCUT2D eigenvalue weighted by atomic mass is 32.2. The van der Waals surface area contributed by atoms with Gasteiger partial charge in [0.15, 0.2) is 22.1 Å². The van der Waals surface area contributed by atoms with E-state index in [9.17, 15) is 9.18 Å². The molecule has 2 aliphatic carbocycles. The second kappa shape index (κ2) is 8.11. The highest BCUT2D eigenvalue weighted by Gasteiger charge is 2.29. The Hall–Kier alpha value is -2.68. The van der Waals surface area contributed by atoms with Gasteiger partial charge in [-0.15, -0.1) is 0 Å². The van der Waals surface area contributed by atoms with Crippen LogP contribution >= 0.6 is 11.8 Å². The largest absolute Gasteiger partial charge is 0.382 e. The number of rotatable bonds is 7. The van der Waals surface area contributed by atoms with Gasteiger partial charge in [0.25, 0.3) is 0 Å². The molecule has 5 rings (SSSR count). The molecule has 2 aromatic heterocycles. The number of imidazole rings is 1. The Bertz CT molecular complexity index is 1160. The first-order valence-corrected chi connectivity index (χ1v) is 11.6. The summed E-state index contributed by atoms with van der Waals surface area (Å²) < 4.78 is 16.3. The third-order valence-corrected chi connectivity index (χ3v) is 7.11. The molecule has 1 atom stereocenters. The second-order valence-electron chi connectivity index (χ2n) is 8.16. The number of carbonyl (C=O) groups is 1. The number of nitrogen functional groups attached to an aromatic ring is 1. The predicted octanol–water partition coefficient (Wildman–Crippen LogP) is 3.61. The van der Waals surface area contributed by atoms with E-state index >= 15 is 0 Å². The first-order chi connectivity index (χ1) is 15.0. The fourth-order valence-corrected chi connectivity index (χ4v) is 5.24. The number of aryl methyl sites for hydroxylation is 2. The minimum atomic E-state index is -0.904. The highest BCUT2D eigenvalue weighted by molar-refractivity contribution is 7.99. The zero-order chi connectivity index (χ0) is 21.5. The lowest BCUT2D eigenvalue weighted by atomic mass is 10.0. The van der Waals surface area contributed by atoms with Crippen molar-refractivity contribution in [1.29, 1.82) is 0 Å². The Kier molecular flexibility index (Phi) is 5.29. The number of halogens is 1. The molecule has 0 aliphatic heterocycles. The van der Waals surface area contributed by atoms with Crippen LogP contribution in [-0.2, 0) is 24.2 Å². The number of aromatic nitrogens is 4. The molecule has 3 N–H and O–H groups in total. The number of hydrogen-bond acceptors (Lipinski definition) is 6. The Morgan fingerprint density at radius 3 is 2.94 bits per heavy atom. The van der Waals surface area contributed by atoms with Crippen molar-refractivity contribution in [1.82, 2.24) is 24.8 Å². The number of fused-ring (bicyclic) bond motifs is 2. The maximum absolute atomic E-state index is 14.4. The molecule has 1 amide bonds. The van der Waals surface area contributed by atoms with E-state index in [1.807, 2.05) is 10.6 Å². The average molecular weight is 441 g/mol. The first-order valence-electron chi connectivity index (χ1n) is 10.8. The molecule has 0 radical (unpaired) electrons. The monoisotopic (exact) mass is 440 g/mol. The summed E-state index contributed by atoms with van der Waals surface area (Å²) in [5.74, 6) is 0.591. The average Bonchev–Trinajstić information content (AvgIpc) is 3.48. The van der Waals surface area contributed by atoms with E-state index in [0.717, 1.165) is 41.7 Å². The van der Waals surface area contributed by atoms with Crippen LogP contribution in [0.1, 0.15) is 49.0 Å². The van der Waals surface area contributed by atoms with Gasteiger partial charge in [-0.05, 0) is 54.9 Å². The zero-order valence-electron chi connectivity index (χ0n) is 17.4. The van der Waals surface area contributed by atoms with Gasteiger partial charge in [0.05, 0.1) is 0 Å². The van der Waals surface area contributed by atoms with E-state index in [0.29, 0.717) is 41.6 Å². The van der Waals surface area contributed by atoms with E-state index < -0.39 is 6.17 Å². The molecule has 31 heavy (non-hydrogen) atoms. The summed E-state index contributed by atoms with van der Waals surface area (Å²) in [5.41, 5.74) is 10.3. The van der Waals surface area contributed by atoms with Crippen molar-refractivity contribution in [2.45, 2.75) is 61.8 Å². The van der Waals surface area contributed by atoms with Crippen LogP contribution in [0.5, 0.6) is 0 Å². The number of hydrogen-bond donors (Lipinski definition) is 2. The lowest BCUT2D eigenvalue weighted by molar-refractivity contribution is -0.122. The van der Waals surface area contributed by atoms with Crippen molar-refractivity contribution in [2.75, 3.05) is 12.3 Å². The molecular weight excluding hydrogens is 415 g/mol. The molecule has 0 spiro atoms. The molecule has 9 heteroatoms. The number of amides is 1. The number of carbonyl (C=O) groups excluding carboxylic acids is 1. The lowest BCUT2D eigenvalue weighted by Crippen LogP contribution is -2.28. The molecule has 162 valence electrons. The number of nitrogens with two attached hydrogens (primary N) is 1. The van der Waals surface area contributed by atoms with Gasteiger partial charge in [-0.25, -0.2) is 19.3 Å². The molecule has 7 nitrogen and oxygen atoms in total. The maximum atomic E-state index is 14.4. The maximum Gasteiger partial charge on any atom is 0.223 e. The quantitative estimate of drug-likeness (QED) is 0.582. The second-order valence-corrected chi connectivity index (χ2v) is 9.17. The van der Waals surface area contributed by atoms with E-state index in [-0.39, 0.29) is 11.8 Å². The molecule has 1 saturated carbocycles. The van der Waals surface area contributed by atoms with E-state index in [1.165, 1.54) is 23.7 Å². The summed E-state index contributed by atoms with van der Waals surface area (Å²) in [5, 5.41) is 3.71. The van der Waals surface area contributed by atoms with Gasteiger partial charge in [-0.1, -0.05) is 24.8 Å². The van der Waals surface area contributed by atoms with Gasteiger partial charge in [-0.2, -0.15) is 0 Å². The van der Waals surface area contributed by atoms with Crippen LogP contribution in [0.4, 0.5) is 10.2 Å². The summed E-state index contributed by atoms with van der Waals surface area (Å²) in [6.45, 7) is 3.11. The van der Waals surface area contributed by atoms with E-state index in [4.69, 9.17) is 10.7 Å². The molecule has 2 aliphatic rings. The molecule has 1 aromatic carbocycles. The minimum Gasteiger partial charge on any atom is -0.382 e. The third-order valence-electron chi connectivity index (χ3n) is 6.02. The van der Waals surface area contributed by atoms with Crippen LogP contribution in [-0.4, -0.2) is 32.0 Å². The van der Waals surface area contributed by atoms with E-state index in [2.05, 4.69) is 28.3 Å². The molecule has 1 fully saturated rings. The number of alkyl halides is 1. The zero-order valence-corrected chi connectivity index (χ0v) is 18.2. The number of anilines is 1. The smallest absolute Gasteiger partial charge is 0.223 e. The van der Waals surface area contributed by atoms with Crippen molar-refractivity contribution in [3.8, 4) is 0 Å². The first kappa shape index (κ1) is 20.2. The fourth-order valence-electron chi connectivity index (χ4n) is 4.10. The molecule has 0 saturated heterocycles. The lowest BCUT2D eigenvalue weighted by Gasteiger charge is -2.13. The highest BCUT2D eigenvalue weighted by Crippen LogP contribution is 2.41. The Morgan fingerprint density at radius 1 is 1.32 bits per heavy atom. The van der Waals surface area contributed by atoms with Gasteiger partial charge in [-0.3, -0.25) is 4.79 Å². The van der Waals surface area contributed by atoms with Crippen molar-refractivity contribution in [2.24, 2.45) is 5.92 Å². The summed E-state index contributed by atoms with van der Waals surface area (Å²) in [6, 6.07) is 4.11. The van der Waals surface area contributed by atoms with Crippen LogP contribution in [0.2, 0.25) is 0 Å². The normalized spacial score (nSPS) is 17.8. The summed E-state index contributed by atoms with van der Waals surface area (Å²) in [6.07, 6.45) is 4.66. The van der Waals surface area contributed by atoms with E-state index in [1.54, 1.807) is 0 Å². The standard InChI is InChI=1S/C22H25FN6OS/c1-2-12-9-14-5-6-16(23)15(14)10-17(12)31-22-28-18-19(24)26-11-27-20(18)29(22)8-7-25-21(30)13-3-4-13/h9-11,13,16H,2-8H2,1H3,(H,25,30)(H2,24,26,27). The van der Waals surface area contributed by atoms with Gasteiger partial charge < -0.3 is 15.6 Å². The summed E-state index contributed by atoms with van der Waals surface area (Å²) >= 11 is 1.49. The van der Waals surface area contributed by atoms with Crippen LogP contribution in [0.25, 0.3) is 11.2 Å². The molecule has 0 bridgehead atoms. The topological polar surface area (TPSA) is 98.7 Å².